The number of hydrogen-bond acceptors (Lipinski definition) is 5. The molecule has 29 heavy (non-hydrogen) atoms. The summed E-state index contributed by atoms with van der Waals surface area (Å²) in [5, 5.41) is 9.36. The van der Waals surface area contributed by atoms with Crippen LogP contribution in [0.3, 0.4) is 0 Å². The molecule has 3 atom stereocenters. The fourth-order valence-corrected chi connectivity index (χ4v) is 5.66. The van der Waals surface area contributed by atoms with E-state index in [0.29, 0.717) is 18.0 Å². The predicted molar refractivity (Wildman–Crippen MR) is 134 cm³/mol. The minimum Gasteiger partial charge on any atom is -0.383 e. The Morgan fingerprint density at radius 1 is 1.24 bits per heavy atom. The third kappa shape index (κ3) is 7.05. The number of ether oxygens (including phenoxy) is 1. The Bertz CT molecular complexity index is 600. The van der Waals surface area contributed by atoms with Crippen LogP contribution in [0.4, 0.5) is 0 Å². The lowest BCUT2D eigenvalue weighted by Crippen LogP contribution is -2.48. The number of nitrogens with one attached hydrogen (secondary N) is 2. The van der Waals surface area contributed by atoms with E-state index < -0.39 is 0 Å². The molecule has 3 rings (SSSR count). The molecule has 0 saturated carbocycles. The molecule has 166 valence electrons. The van der Waals surface area contributed by atoms with Crippen molar-refractivity contribution in [2.75, 3.05) is 60.5 Å². The number of methoxy groups -OCH3 is 1. The highest BCUT2D eigenvalue weighted by Gasteiger charge is 2.31. The molecule has 0 aromatic carbocycles. The van der Waals surface area contributed by atoms with Crippen molar-refractivity contribution < 1.29 is 4.74 Å². The van der Waals surface area contributed by atoms with Crippen LogP contribution in [0.5, 0.6) is 0 Å². The maximum absolute atomic E-state index is 5.25. The summed E-state index contributed by atoms with van der Waals surface area (Å²) in [5.41, 5.74) is 0. The molecule has 3 unspecified atom stereocenters. The van der Waals surface area contributed by atoms with Crippen LogP contribution in [0.25, 0.3) is 0 Å². The van der Waals surface area contributed by atoms with Crippen molar-refractivity contribution in [2.45, 2.75) is 37.8 Å². The summed E-state index contributed by atoms with van der Waals surface area (Å²) in [6.07, 6.45) is 5.07. The van der Waals surface area contributed by atoms with Gasteiger partial charge in [0, 0.05) is 50.8 Å². The van der Waals surface area contributed by atoms with Crippen LogP contribution in [0.2, 0.25) is 0 Å². The highest BCUT2D eigenvalue weighted by atomic mass is 127. The molecule has 1 aromatic rings. The molecule has 2 aliphatic rings. The lowest BCUT2D eigenvalue weighted by Gasteiger charge is -2.39. The van der Waals surface area contributed by atoms with Gasteiger partial charge in [0.1, 0.15) is 0 Å². The van der Waals surface area contributed by atoms with Crippen LogP contribution < -0.4 is 10.6 Å². The topological polar surface area (TPSA) is 52.1 Å². The highest BCUT2D eigenvalue weighted by molar-refractivity contribution is 14.0. The zero-order valence-corrected chi connectivity index (χ0v) is 21.2. The molecule has 0 aliphatic carbocycles. The lowest BCUT2D eigenvalue weighted by molar-refractivity contribution is 0.125. The Kier molecular flexibility index (Phi) is 11.2. The molecular weight excluding hydrogens is 497 g/mol. The minimum atomic E-state index is 0. The van der Waals surface area contributed by atoms with Gasteiger partial charge in [0.05, 0.1) is 6.61 Å². The molecule has 3 heterocycles. The SMILES string of the molecule is CN=C(NCC1CCCN(C)C1c1cccs1)NCC1CCCN1CCOC.I. The van der Waals surface area contributed by atoms with Gasteiger partial charge in [-0.15, -0.1) is 35.3 Å². The Labute approximate surface area is 197 Å². The summed E-state index contributed by atoms with van der Waals surface area (Å²) in [6.45, 7) is 6.10. The van der Waals surface area contributed by atoms with Crippen molar-refractivity contribution in [1.82, 2.24) is 20.4 Å². The summed E-state index contributed by atoms with van der Waals surface area (Å²) < 4.78 is 5.25. The quantitative estimate of drug-likeness (QED) is 0.305. The number of piperidine rings is 1. The number of nitrogens with zero attached hydrogens (tertiary/aromatic N) is 3. The third-order valence-corrected chi connectivity index (χ3v) is 7.13. The van der Waals surface area contributed by atoms with Crippen LogP contribution in [-0.4, -0.2) is 82.3 Å². The van der Waals surface area contributed by atoms with Gasteiger partial charge in [0.25, 0.3) is 0 Å². The largest absolute Gasteiger partial charge is 0.383 e. The van der Waals surface area contributed by atoms with Crippen LogP contribution >= 0.6 is 35.3 Å². The molecule has 1 aromatic heterocycles. The van der Waals surface area contributed by atoms with Gasteiger partial charge >= 0.3 is 0 Å². The average molecular weight is 536 g/mol. The molecule has 0 spiro atoms. The van der Waals surface area contributed by atoms with E-state index in [2.05, 4.69) is 50.0 Å². The summed E-state index contributed by atoms with van der Waals surface area (Å²) in [7, 11) is 5.91. The molecular formula is C21H38IN5OS. The Morgan fingerprint density at radius 3 is 2.76 bits per heavy atom. The van der Waals surface area contributed by atoms with Gasteiger partial charge in [-0.2, -0.15) is 0 Å². The number of hydrogen-bond donors (Lipinski definition) is 2. The molecule has 2 fully saturated rings. The van der Waals surface area contributed by atoms with Crippen LogP contribution in [0.15, 0.2) is 22.5 Å². The van der Waals surface area contributed by atoms with Gasteiger partial charge in [-0.25, -0.2) is 0 Å². The lowest BCUT2D eigenvalue weighted by atomic mass is 9.88. The first-order chi connectivity index (χ1) is 13.7. The van der Waals surface area contributed by atoms with Crippen LogP contribution in [0, 0.1) is 5.92 Å². The predicted octanol–water partition coefficient (Wildman–Crippen LogP) is 3.02. The second-order valence-electron chi connectivity index (χ2n) is 8.00. The summed E-state index contributed by atoms with van der Waals surface area (Å²) in [4.78, 5) is 11.0. The first kappa shape index (κ1) is 24.8. The van der Waals surface area contributed by atoms with E-state index >= 15 is 0 Å². The highest BCUT2D eigenvalue weighted by Crippen LogP contribution is 2.36. The Hall–Kier alpha value is -0.420. The normalized spacial score (nSPS) is 26.3. The van der Waals surface area contributed by atoms with Crippen molar-refractivity contribution in [2.24, 2.45) is 10.9 Å². The molecule has 2 aliphatic heterocycles. The van der Waals surface area contributed by atoms with E-state index in [9.17, 15) is 0 Å². The minimum absolute atomic E-state index is 0. The van der Waals surface area contributed by atoms with Gasteiger partial charge in [0.2, 0.25) is 0 Å². The third-order valence-electron chi connectivity index (χ3n) is 6.18. The van der Waals surface area contributed by atoms with Gasteiger partial charge in [-0.1, -0.05) is 6.07 Å². The fourth-order valence-electron chi connectivity index (χ4n) is 4.67. The zero-order valence-electron chi connectivity index (χ0n) is 18.1. The number of guanidine groups is 1. The van der Waals surface area contributed by atoms with E-state index in [1.807, 2.05) is 18.4 Å². The van der Waals surface area contributed by atoms with Gasteiger partial charge in [-0.05, 0) is 63.2 Å². The first-order valence-electron chi connectivity index (χ1n) is 10.6. The van der Waals surface area contributed by atoms with E-state index in [-0.39, 0.29) is 24.0 Å². The standard InChI is InChI=1S/C21H37N5OS.HI/c1-22-21(24-16-18-8-5-11-26(18)12-13-27-3)23-15-17-7-4-10-25(2)20(17)19-9-6-14-28-19;/h6,9,14,17-18,20H,4-5,7-8,10-13,15-16H2,1-3H3,(H2,22,23,24);1H. The van der Waals surface area contributed by atoms with E-state index in [1.165, 1.54) is 43.6 Å². The van der Waals surface area contributed by atoms with Crippen LogP contribution in [-0.2, 0) is 4.74 Å². The number of aliphatic imine (C=N–C) groups is 1. The molecule has 0 bridgehead atoms. The number of halogens is 1. The molecule has 2 N–H and O–H groups in total. The number of rotatable bonds is 8. The van der Waals surface area contributed by atoms with Gasteiger partial charge in [0.15, 0.2) is 5.96 Å². The van der Waals surface area contributed by atoms with Crippen LogP contribution in [0.1, 0.15) is 36.6 Å². The Morgan fingerprint density at radius 2 is 2.03 bits per heavy atom. The second-order valence-corrected chi connectivity index (χ2v) is 8.98. The molecule has 2 saturated heterocycles. The molecule has 6 nitrogen and oxygen atoms in total. The van der Waals surface area contributed by atoms with Crippen molar-refractivity contribution in [3.05, 3.63) is 22.4 Å². The van der Waals surface area contributed by atoms with Crippen molar-refractivity contribution in [1.29, 1.82) is 0 Å². The fraction of sp³-hybridized carbons (Fsp3) is 0.762. The van der Waals surface area contributed by atoms with Gasteiger partial charge in [-0.3, -0.25) is 14.8 Å². The van der Waals surface area contributed by atoms with Crippen molar-refractivity contribution >= 4 is 41.3 Å². The second kappa shape index (κ2) is 13.1. The van der Waals surface area contributed by atoms with E-state index in [0.717, 1.165) is 32.2 Å². The van der Waals surface area contributed by atoms with Gasteiger partial charge < -0.3 is 15.4 Å². The summed E-state index contributed by atoms with van der Waals surface area (Å²) >= 11 is 1.88. The number of thiophene rings is 1. The molecule has 0 radical (unpaired) electrons. The summed E-state index contributed by atoms with van der Waals surface area (Å²) in [5.74, 6) is 1.54. The zero-order chi connectivity index (χ0) is 19.8. The Balaban J connectivity index is 0.00000300. The monoisotopic (exact) mass is 535 g/mol. The molecule has 8 heteroatoms. The smallest absolute Gasteiger partial charge is 0.191 e. The maximum Gasteiger partial charge on any atom is 0.191 e. The number of likely N-dealkylation sites (tertiary alicyclic amines) is 2. The first-order valence-corrected chi connectivity index (χ1v) is 11.5. The average Bonchev–Trinajstić information content (AvgIpc) is 3.38. The van der Waals surface area contributed by atoms with Crippen molar-refractivity contribution in [3.63, 3.8) is 0 Å². The van der Waals surface area contributed by atoms with Crippen molar-refractivity contribution in [3.8, 4) is 0 Å². The van der Waals surface area contributed by atoms with E-state index in [1.54, 1.807) is 7.11 Å². The maximum atomic E-state index is 5.25. The van der Waals surface area contributed by atoms with E-state index in [4.69, 9.17) is 4.74 Å². The summed E-state index contributed by atoms with van der Waals surface area (Å²) in [6, 6.07) is 5.54. The molecule has 0 amide bonds.